The molecule has 3 atom stereocenters. The van der Waals surface area contributed by atoms with Crippen LogP contribution in [0.5, 0.6) is 0 Å². The van der Waals surface area contributed by atoms with Gasteiger partial charge in [-0.05, 0) is 55.7 Å². The van der Waals surface area contributed by atoms with E-state index in [1.54, 1.807) is 0 Å². The minimum absolute atomic E-state index is 0.218. The molecule has 1 spiro atoms. The number of hydrogen-bond donors (Lipinski definition) is 1. The van der Waals surface area contributed by atoms with Gasteiger partial charge in [-0.3, -0.25) is 0 Å². The van der Waals surface area contributed by atoms with Gasteiger partial charge in [0.15, 0.2) is 0 Å². The molecule has 3 rings (SSSR count). The SMILES string of the molecule is CC(C)(C)C1(C2CCOC3(CCSC3)C2)CCCN1. The predicted molar refractivity (Wildman–Crippen MR) is 82.8 cm³/mol. The van der Waals surface area contributed by atoms with Crippen molar-refractivity contribution in [2.24, 2.45) is 11.3 Å². The molecule has 0 amide bonds. The number of thioether (sulfide) groups is 1. The molecule has 0 aromatic heterocycles. The van der Waals surface area contributed by atoms with Crippen molar-refractivity contribution in [1.82, 2.24) is 5.32 Å². The minimum Gasteiger partial charge on any atom is -0.374 e. The monoisotopic (exact) mass is 283 g/mol. The Balaban J connectivity index is 1.83. The molecule has 3 saturated heterocycles. The first-order chi connectivity index (χ1) is 8.98. The third-order valence-corrected chi connectivity index (χ3v) is 7.01. The Morgan fingerprint density at radius 1 is 1.26 bits per heavy atom. The third kappa shape index (κ3) is 2.36. The van der Waals surface area contributed by atoms with Crippen LogP contribution in [-0.4, -0.2) is 35.8 Å². The van der Waals surface area contributed by atoms with Crippen LogP contribution in [0, 0.1) is 11.3 Å². The van der Waals surface area contributed by atoms with E-state index in [-0.39, 0.29) is 5.60 Å². The molecule has 0 aromatic carbocycles. The highest BCUT2D eigenvalue weighted by molar-refractivity contribution is 7.99. The Bertz CT molecular complexity index is 324. The second kappa shape index (κ2) is 4.92. The first kappa shape index (κ1) is 14.2. The second-order valence-electron chi connectivity index (χ2n) is 7.78. The van der Waals surface area contributed by atoms with Crippen molar-refractivity contribution in [2.45, 2.75) is 64.0 Å². The number of rotatable bonds is 1. The van der Waals surface area contributed by atoms with Gasteiger partial charge >= 0.3 is 0 Å². The topological polar surface area (TPSA) is 21.3 Å². The zero-order chi connectivity index (χ0) is 13.6. The summed E-state index contributed by atoms with van der Waals surface area (Å²) in [6.07, 6.45) is 6.50. The van der Waals surface area contributed by atoms with Gasteiger partial charge in [0, 0.05) is 17.9 Å². The van der Waals surface area contributed by atoms with E-state index in [0.29, 0.717) is 11.0 Å². The Labute approximate surface area is 122 Å². The summed E-state index contributed by atoms with van der Waals surface area (Å²) in [4.78, 5) is 0. The highest BCUT2D eigenvalue weighted by Gasteiger charge is 2.53. The summed E-state index contributed by atoms with van der Waals surface area (Å²) in [5.74, 6) is 3.31. The average molecular weight is 283 g/mol. The van der Waals surface area contributed by atoms with Gasteiger partial charge in [-0.1, -0.05) is 20.8 Å². The van der Waals surface area contributed by atoms with E-state index < -0.39 is 0 Å². The lowest BCUT2D eigenvalue weighted by Gasteiger charge is -2.52. The van der Waals surface area contributed by atoms with E-state index in [1.807, 2.05) is 0 Å². The fraction of sp³-hybridized carbons (Fsp3) is 1.00. The van der Waals surface area contributed by atoms with E-state index in [1.165, 1.54) is 50.2 Å². The molecule has 3 heteroatoms. The van der Waals surface area contributed by atoms with Crippen LogP contribution in [0.25, 0.3) is 0 Å². The standard InChI is InChI=1S/C16H29NOS/c1-14(2,3)16(6-4-8-17-16)13-5-9-18-15(11-13)7-10-19-12-15/h13,17H,4-12H2,1-3H3. The van der Waals surface area contributed by atoms with E-state index >= 15 is 0 Å². The molecule has 3 aliphatic rings. The summed E-state index contributed by atoms with van der Waals surface area (Å²) in [6.45, 7) is 9.46. The van der Waals surface area contributed by atoms with Crippen LogP contribution in [-0.2, 0) is 4.74 Å². The van der Waals surface area contributed by atoms with Crippen molar-refractivity contribution in [3.8, 4) is 0 Å². The summed E-state index contributed by atoms with van der Waals surface area (Å²) >= 11 is 2.09. The van der Waals surface area contributed by atoms with E-state index in [4.69, 9.17) is 4.74 Å². The Morgan fingerprint density at radius 2 is 2.11 bits per heavy atom. The zero-order valence-electron chi connectivity index (χ0n) is 12.8. The molecule has 3 aliphatic heterocycles. The molecule has 0 aromatic rings. The van der Waals surface area contributed by atoms with Gasteiger partial charge in [-0.25, -0.2) is 0 Å². The molecular formula is C16H29NOS. The average Bonchev–Trinajstić information content (AvgIpc) is 2.98. The summed E-state index contributed by atoms with van der Waals surface area (Å²) in [6, 6.07) is 0. The molecule has 0 saturated carbocycles. The van der Waals surface area contributed by atoms with Crippen LogP contribution >= 0.6 is 11.8 Å². The van der Waals surface area contributed by atoms with Gasteiger partial charge in [0.1, 0.15) is 0 Å². The Morgan fingerprint density at radius 3 is 2.68 bits per heavy atom. The molecule has 0 aliphatic carbocycles. The van der Waals surface area contributed by atoms with E-state index in [9.17, 15) is 0 Å². The van der Waals surface area contributed by atoms with Crippen LogP contribution in [0.3, 0.4) is 0 Å². The van der Waals surface area contributed by atoms with Crippen LogP contribution < -0.4 is 5.32 Å². The molecule has 3 fully saturated rings. The summed E-state index contributed by atoms with van der Waals surface area (Å²) in [5.41, 5.74) is 0.908. The molecule has 2 nitrogen and oxygen atoms in total. The van der Waals surface area contributed by atoms with Gasteiger partial charge in [-0.15, -0.1) is 0 Å². The largest absolute Gasteiger partial charge is 0.374 e. The Kier molecular flexibility index (Phi) is 3.68. The highest BCUT2D eigenvalue weighted by Crippen LogP contribution is 2.51. The normalized spacial score (nSPS) is 44.1. The Hall–Kier alpha value is 0.270. The fourth-order valence-corrected chi connectivity index (χ4v) is 6.06. The first-order valence-electron chi connectivity index (χ1n) is 7.94. The van der Waals surface area contributed by atoms with Crippen molar-refractivity contribution in [2.75, 3.05) is 24.7 Å². The first-order valence-corrected chi connectivity index (χ1v) is 9.10. The molecule has 3 unspecified atom stereocenters. The second-order valence-corrected chi connectivity index (χ2v) is 8.88. The number of nitrogens with one attached hydrogen (secondary N) is 1. The van der Waals surface area contributed by atoms with Crippen LogP contribution in [0.1, 0.15) is 52.9 Å². The number of hydrogen-bond acceptors (Lipinski definition) is 3. The molecule has 19 heavy (non-hydrogen) atoms. The number of ether oxygens (including phenoxy) is 1. The van der Waals surface area contributed by atoms with Gasteiger partial charge in [0.2, 0.25) is 0 Å². The van der Waals surface area contributed by atoms with Crippen LogP contribution in [0.15, 0.2) is 0 Å². The highest BCUT2D eigenvalue weighted by atomic mass is 32.2. The van der Waals surface area contributed by atoms with Crippen molar-refractivity contribution in [3.05, 3.63) is 0 Å². The van der Waals surface area contributed by atoms with Crippen molar-refractivity contribution < 1.29 is 4.74 Å². The minimum atomic E-state index is 0.218. The van der Waals surface area contributed by atoms with Gasteiger partial charge in [-0.2, -0.15) is 11.8 Å². The molecule has 3 heterocycles. The van der Waals surface area contributed by atoms with Crippen molar-refractivity contribution >= 4 is 11.8 Å². The quantitative estimate of drug-likeness (QED) is 0.796. The van der Waals surface area contributed by atoms with Crippen LogP contribution in [0.2, 0.25) is 0 Å². The zero-order valence-corrected chi connectivity index (χ0v) is 13.6. The molecule has 0 radical (unpaired) electrons. The molecule has 110 valence electrons. The maximum absolute atomic E-state index is 6.23. The predicted octanol–water partition coefficient (Wildman–Crippen LogP) is 3.46. The van der Waals surface area contributed by atoms with Crippen LogP contribution in [0.4, 0.5) is 0 Å². The van der Waals surface area contributed by atoms with E-state index in [2.05, 4.69) is 37.8 Å². The van der Waals surface area contributed by atoms with Crippen molar-refractivity contribution in [3.63, 3.8) is 0 Å². The fourth-order valence-electron chi connectivity index (χ4n) is 4.68. The molecule has 1 N–H and O–H groups in total. The smallest absolute Gasteiger partial charge is 0.0783 e. The lowest BCUT2D eigenvalue weighted by Crippen LogP contribution is -2.60. The van der Waals surface area contributed by atoms with Crippen molar-refractivity contribution in [1.29, 1.82) is 0 Å². The maximum atomic E-state index is 6.23. The van der Waals surface area contributed by atoms with Gasteiger partial charge in [0.25, 0.3) is 0 Å². The van der Waals surface area contributed by atoms with E-state index in [0.717, 1.165) is 12.5 Å². The lowest BCUT2D eigenvalue weighted by molar-refractivity contribution is -0.107. The summed E-state index contributed by atoms with van der Waals surface area (Å²) in [7, 11) is 0. The summed E-state index contributed by atoms with van der Waals surface area (Å²) < 4.78 is 6.23. The molecule has 0 bridgehead atoms. The lowest BCUT2D eigenvalue weighted by atomic mass is 9.61. The third-order valence-electron chi connectivity index (χ3n) is 5.78. The van der Waals surface area contributed by atoms with Gasteiger partial charge < -0.3 is 10.1 Å². The molecular weight excluding hydrogens is 254 g/mol. The maximum Gasteiger partial charge on any atom is 0.0783 e. The summed E-state index contributed by atoms with van der Waals surface area (Å²) in [5, 5.41) is 3.92. The van der Waals surface area contributed by atoms with Gasteiger partial charge in [0.05, 0.1) is 5.60 Å².